The van der Waals surface area contributed by atoms with E-state index < -0.39 is 37.5 Å². The fourth-order valence-corrected chi connectivity index (χ4v) is 18.9. The van der Waals surface area contributed by atoms with Crippen LogP contribution < -0.4 is 11.2 Å². The first-order chi connectivity index (χ1) is 28.9. The smallest absolute Gasteiger partial charge is 0.390 e. The zero-order valence-corrected chi connectivity index (χ0v) is 39.7. The van der Waals surface area contributed by atoms with Crippen LogP contribution in [-0.2, 0) is 32.5 Å². The number of ether oxygens (including phenoxy) is 1. The van der Waals surface area contributed by atoms with Crippen LogP contribution in [0.2, 0.25) is 0 Å². The van der Waals surface area contributed by atoms with Crippen LogP contribution in [0.4, 0.5) is 0 Å². The highest BCUT2D eigenvalue weighted by atomic mass is 125. The van der Waals surface area contributed by atoms with Gasteiger partial charge in [0.1, 0.15) is 23.9 Å². The summed E-state index contributed by atoms with van der Waals surface area (Å²) in [6.45, 7) is 9.38. The van der Waals surface area contributed by atoms with E-state index in [9.17, 15) is 24.3 Å². The molecule has 0 spiro atoms. The summed E-state index contributed by atoms with van der Waals surface area (Å²) in [5.41, 5.74) is -1.14. The van der Waals surface area contributed by atoms with Crippen LogP contribution in [-0.4, -0.2) is 57.2 Å². The van der Waals surface area contributed by atoms with Gasteiger partial charge in [-0.2, -0.15) is 0 Å². The van der Waals surface area contributed by atoms with Gasteiger partial charge < -0.3 is 9.84 Å². The number of aromatic amines is 1. The van der Waals surface area contributed by atoms with Crippen molar-refractivity contribution in [2.75, 3.05) is 6.61 Å². The Balaban J connectivity index is 0.895. The number of phosphoric ester groups is 1. The Morgan fingerprint density at radius 1 is 0.738 bits per heavy atom. The summed E-state index contributed by atoms with van der Waals surface area (Å²) in [6.07, 6.45) is 15.1. The average molecular weight is 977 g/mol. The molecule has 10 rings (SSSR count). The SMILES string of the molecule is C[C@]12CCC3C(CC[C@H]4CC(=O)CC[C@]34C)[C@@H]1CC[C@@H]2OP(=O)(OCC1OC(n2cc([125I])c(=O)[nH]c2=O)CC1O)OC1CC[C@H]2C3CC[C@H]4CC(=O)CC[C@]4(C)C3CC[C@]12C. The number of rotatable bonds is 8. The van der Waals surface area contributed by atoms with Gasteiger partial charge in [-0.1, -0.05) is 27.7 Å². The number of nitrogens with one attached hydrogen (secondary N) is 1. The molecule has 18 atom stereocenters. The largest absolute Gasteiger partial charge is 0.475 e. The third kappa shape index (κ3) is 7.15. The number of halogens is 1. The van der Waals surface area contributed by atoms with E-state index in [1.807, 2.05) is 22.6 Å². The Morgan fingerprint density at radius 3 is 1.77 bits per heavy atom. The molecular formula is C47H68IN2O10P. The molecule has 338 valence electrons. The Hall–Kier alpha value is -1.22. The van der Waals surface area contributed by atoms with Crippen molar-refractivity contribution in [3.05, 3.63) is 30.6 Å². The van der Waals surface area contributed by atoms with E-state index in [2.05, 4.69) is 32.7 Å². The molecule has 14 heteroatoms. The summed E-state index contributed by atoms with van der Waals surface area (Å²) in [4.78, 5) is 52.2. The van der Waals surface area contributed by atoms with Gasteiger partial charge in [-0.05, 0) is 181 Å². The van der Waals surface area contributed by atoms with Gasteiger partial charge in [-0.15, -0.1) is 0 Å². The molecule has 61 heavy (non-hydrogen) atoms. The predicted molar refractivity (Wildman–Crippen MR) is 235 cm³/mol. The van der Waals surface area contributed by atoms with E-state index in [0.717, 1.165) is 103 Å². The first-order valence-electron chi connectivity index (χ1n) is 23.9. The molecule has 0 bridgehead atoms. The topological polar surface area (TPSA) is 163 Å². The molecular weight excluding hydrogens is 908 g/mol. The molecule has 8 saturated carbocycles. The van der Waals surface area contributed by atoms with Gasteiger partial charge >= 0.3 is 13.5 Å². The average Bonchev–Trinajstić information content (AvgIpc) is 3.87. The van der Waals surface area contributed by atoms with Crippen LogP contribution in [0.5, 0.6) is 0 Å². The van der Waals surface area contributed by atoms with Crippen molar-refractivity contribution in [1.82, 2.24) is 9.55 Å². The van der Waals surface area contributed by atoms with Crippen molar-refractivity contribution in [3.63, 3.8) is 0 Å². The van der Waals surface area contributed by atoms with Crippen LogP contribution in [0.15, 0.2) is 15.8 Å². The fraction of sp³-hybridized carbons (Fsp3) is 0.872. The van der Waals surface area contributed by atoms with Crippen LogP contribution >= 0.6 is 30.4 Å². The summed E-state index contributed by atoms with van der Waals surface area (Å²) >= 11 is 1.86. The minimum absolute atomic E-state index is 0.0970. The first-order valence-corrected chi connectivity index (χ1v) is 26.5. The molecule has 8 aliphatic carbocycles. The lowest BCUT2D eigenvalue weighted by Gasteiger charge is -2.60. The molecule has 9 unspecified atom stereocenters. The van der Waals surface area contributed by atoms with E-state index in [-0.39, 0.29) is 46.9 Å². The molecule has 12 nitrogen and oxygen atoms in total. The number of carbonyl (C=O) groups is 2. The second-order valence-corrected chi connectivity index (χ2v) is 25.3. The molecule has 1 saturated heterocycles. The maximum Gasteiger partial charge on any atom is 0.475 e. The lowest BCUT2D eigenvalue weighted by atomic mass is 9.45. The van der Waals surface area contributed by atoms with E-state index in [1.165, 1.54) is 10.8 Å². The van der Waals surface area contributed by atoms with Crippen molar-refractivity contribution in [3.8, 4) is 0 Å². The van der Waals surface area contributed by atoms with Crippen LogP contribution in [0, 0.1) is 72.6 Å². The number of H-pyrrole nitrogens is 1. The number of aliphatic hydroxyl groups is 1. The van der Waals surface area contributed by atoms with Crippen LogP contribution in [0.1, 0.15) is 156 Å². The predicted octanol–water partition coefficient (Wildman–Crippen LogP) is 8.91. The number of carbonyl (C=O) groups excluding carboxylic acids is 2. The Bertz CT molecular complexity index is 2000. The number of aromatic nitrogens is 2. The summed E-state index contributed by atoms with van der Waals surface area (Å²) in [5, 5.41) is 11.2. The molecule has 1 aliphatic heterocycles. The number of nitrogens with zero attached hydrogens (tertiary/aromatic N) is 1. The summed E-state index contributed by atoms with van der Waals surface area (Å²) in [6, 6.07) is 0. The van der Waals surface area contributed by atoms with Crippen molar-refractivity contribution < 1.29 is 37.6 Å². The normalized spacial score (nSPS) is 48.9. The quantitative estimate of drug-likeness (QED) is 0.190. The third-order valence-electron chi connectivity index (χ3n) is 20.1. The highest BCUT2D eigenvalue weighted by Crippen LogP contribution is 2.71. The molecule has 2 N–H and O–H groups in total. The molecule has 0 amide bonds. The molecule has 1 aromatic heterocycles. The standard InChI is InChI=1S/C47H68IN2O10P/c1-44-17-13-28(51)21-26(44)5-7-30-32-9-11-39(46(32,3)19-15-34(30)44)59-61(56,57-25-38-37(53)23-41(58-38)50-24-36(48)42(54)49-43(50)55)60-40-12-10-33-31-8-6-27-22-29(52)14-18-45(27,2)35(31)16-20-47(33,40)4/h24,26-27,30-35,37-41,53H,5-23,25H2,1-4H3,(H,49,54,55)/t26-,27-,30?,31?,32-,33-,34?,35?,37?,38?,39-,40?,41?,44-,45-,46-,47-,61?/m0/s1/i48-2. The molecule has 0 radical (unpaired) electrons. The Kier molecular flexibility index (Phi) is 11.2. The highest BCUT2D eigenvalue weighted by Gasteiger charge is 2.64. The number of aliphatic hydroxyl groups excluding tert-OH is 1. The zero-order valence-electron chi connectivity index (χ0n) is 36.6. The lowest BCUT2D eigenvalue weighted by Crippen LogP contribution is -2.54. The highest BCUT2D eigenvalue weighted by molar-refractivity contribution is 14.1. The van der Waals surface area contributed by atoms with Gasteiger partial charge in [0.2, 0.25) is 0 Å². The molecule has 9 aliphatic rings. The van der Waals surface area contributed by atoms with Crippen molar-refractivity contribution >= 4 is 42.0 Å². The maximum absolute atomic E-state index is 15.7. The summed E-state index contributed by atoms with van der Waals surface area (Å²) < 4.78 is 43.8. The van der Waals surface area contributed by atoms with E-state index in [4.69, 9.17) is 18.3 Å². The molecule has 1 aromatic rings. The van der Waals surface area contributed by atoms with E-state index in [0.29, 0.717) is 75.3 Å². The number of hydrogen-bond acceptors (Lipinski definition) is 10. The van der Waals surface area contributed by atoms with Gasteiger partial charge in [0.05, 0.1) is 28.5 Å². The van der Waals surface area contributed by atoms with Crippen LogP contribution in [0.3, 0.4) is 0 Å². The Labute approximate surface area is 373 Å². The van der Waals surface area contributed by atoms with Gasteiger partial charge in [-0.3, -0.25) is 37.5 Å². The number of fused-ring (bicyclic) bond motifs is 10. The number of ketones is 2. The zero-order chi connectivity index (χ0) is 42.9. The minimum Gasteiger partial charge on any atom is -0.390 e. The lowest BCUT2D eigenvalue weighted by molar-refractivity contribution is -0.144. The van der Waals surface area contributed by atoms with Crippen LogP contribution in [0.25, 0.3) is 0 Å². The van der Waals surface area contributed by atoms with Crippen molar-refractivity contribution in [1.29, 1.82) is 0 Å². The monoisotopic (exact) mass is 976 g/mol. The second-order valence-electron chi connectivity index (χ2n) is 22.6. The van der Waals surface area contributed by atoms with Gasteiger partial charge in [0.25, 0.3) is 5.56 Å². The van der Waals surface area contributed by atoms with Gasteiger partial charge in [0.15, 0.2) is 0 Å². The molecule has 9 fully saturated rings. The minimum atomic E-state index is -4.27. The molecule has 2 heterocycles. The van der Waals surface area contributed by atoms with E-state index >= 15 is 4.57 Å². The number of hydrogen-bond donors (Lipinski definition) is 2. The van der Waals surface area contributed by atoms with E-state index in [1.54, 1.807) is 0 Å². The van der Waals surface area contributed by atoms with Gasteiger partial charge in [0, 0.05) is 38.3 Å². The van der Waals surface area contributed by atoms with Crippen molar-refractivity contribution in [2.24, 2.45) is 69.0 Å². The summed E-state index contributed by atoms with van der Waals surface area (Å²) in [5.74, 6) is 4.92. The number of Topliss-reactive ketones (excluding diaryl/α,β-unsaturated/α-hetero) is 2. The first kappa shape index (κ1) is 43.7. The summed E-state index contributed by atoms with van der Waals surface area (Å²) in [7, 11) is -4.27. The fourth-order valence-electron chi connectivity index (χ4n) is 16.6. The number of phosphoric acid groups is 1. The third-order valence-corrected chi connectivity index (χ3v) is 22.4. The van der Waals surface area contributed by atoms with Gasteiger partial charge in [-0.25, -0.2) is 9.36 Å². The molecule has 0 aromatic carbocycles. The van der Waals surface area contributed by atoms with Crippen molar-refractivity contribution in [2.45, 2.75) is 180 Å². The Morgan fingerprint density at radius 2 is 1.25 bits per heavy atom. The second kappa shape index (κ2) is 15.7. The maximum atomic E-state index is 15.7.